The summed E-state index contributed by atoms with van der Waals surface area (Å²) in [5.74, 6) is 0.614. The maximum absolute atomic E-state index is 9.58. The molecule has 100 valence electrons. The van der Waals surface area contributed by atoms with Gasteiger partial charge in [0.15, 0.2) is 0 Å². The number of epoxide rings is 1. The lowest BCUT2D eigenvalue weighted by atomic mass is 9.90. The Balaban J connectivity index is 2.07. The van der Waals surface area contributed by atoms with Crippen LogP contribution < -0.4 is 0 Å². The normalized spacial score (nSPS) is 23.9. The highest BCUT2D eigenvalue weighted by Gasteiger charge is 2.38. The van der Waals surface area contributed by atoms with E-state index < -0.39 is 0 Å². The molecule has 1 aliphatic heterocycles. The minimum Gasteiger partial charge on any atom is -0.508 e. The highest BCUT2D eigenvalue weighted by molar-refractivity contribution is 5.37. The Labute approximate surface area is 108 Å². The first-order chi connectivity index (χ1) is 8.69. The quantitative estimate of drug-likeness (QED) is 0.763. The van der Waals surface area contributed by atoms with E-state index in [2.05, 4.69) is 13.8 Å². The number of rotatable bonds is 6. The van der Waals surface area contributed by atoms with Crippen molar-refractivity contribution >= 4 is 0 Å². The van der Waals surface area contributed by atoms with Crippen LogP contribution in [0.15, 0.2) is 18.2 Å². The smallest absolute Gasteiger partial charge is 0.121 e. The number of hydrogen-bond acceptors (Lipinski definition) is 3. The monoisotopic (exact) mass is 250 g/mol. The Hall–Kier alpha value is -1.06. The van der Waals surface area contributed by atoms with Crippen molar-refractivity contribution in [3.63, 3.8) is 0 Å². The Morgan fingerprint density at radius 3 is 2.61 bits per heavy atom. The van der Waals surface area contributed by atoms with Crippen LogP contribution in [0.3, 0.4) is 0 Å². The van der Waals surface area contributed by atoms with Crippen molar-refractivity contribution in [2.75, 3.05) is 0 Å². The molecule has 2 rings (SSSR count). The topological polar surface area (TPSA) is 53.0 Å². The summed E-state index contributed by atoms with van der Waals surface area (Å²) in [6.45, 7) is 4.20. The van der Waals surface area contributed by atoms with Gasteiger partial charge in [-0.1, -0.05) is 19.9 Å². The first-order valence-corrected chi connectivity index (χ1v) is 6.77. The Bertz CT molecular complexity index is 403. The zero-order valence-corrected chi connectivity index (χ0v) is 11.1. The Morgan fingerprint density at radius 2 is 2.06 bits per heavy atom. The number of aliphatic hydroxyl groups is 1. The van der Waals surface area contributed by atoms with Crippen LogP contribution in [0.2, 0.25) is 0 Å². The van der Waals surface area contributed by atoms with Crippen molar-refractivity contribution in [1.82, 2.24) is 0 Å². The van der Waals surface area contributed by atoms with Gasteiger partial charge in [0.05, 0.1) is 18.8 Å². The molecule has 1 aliphatic rings. The van der Waals surface area contributed by atoms with Gasteiger partial charge in [0.25, 0.3) is 0 Å². The van der Waals surface area contributed by atoms with Gasteiger partial charge in [-0.15, -0.1) is 0 Å². The molecule has 2 N–H and O–H groups in total. The van der Waals surface area contributed by atoms with Crippen molar-refractivity contribution < 1.29 is 14.9 Å². The number of ether oxygens (including phenoxy) is 1. The number of benzene rings is 1. The van der Waals surface area contributed by atoms with E-state index in [-0.39, 0.29) is 12.4 Å². The van der Waals surface area contributed by atoms with Crippen LogP contribution in [0.25, 0.3) is 0 Å². The number of aliphatic hydroxyl groups excluding tert-OH is 1. The molecule has 0 amide bonds. The molecule has 3 nitrogen and oxygen atoms in total. The standard InChI is InChI=1S/C15H22O3/c1-3-10(8-15-14(4-2)18-15)11-5-6-13(17)12(7-11)9-16/h5-7,10,14-17H,3-4,8-9H2,1-2H3. The van der Waals surface area contributed by atoms with Crippen LogP contribution in [0, 0.1) is 0 Å². The summed E-state index contributed by atoms with van der Waals surface area (Å²) in [5.41, 5.74) is 1.79. The van der Waals surface area contributed by atoms with E-state index in [9.17, 15) is 10.2 Å². The summed E-state index contributed by atoms with van der Waals surface area (Å²) < 4.78 is 5.60. The van der Waals surface area contributed by atoms with E-state index in [1.54, 1.807) is 6.07 Å². The van der Waals surface area contributed by atoms with Gasteiger partial charge in [-0.05, 0) is 42.9 Å². The van der Waals surface area contributed by atoms with Gasteiger partial charge in [0, 0.05) is 5.56 Å². The molecule has 0 aliphatic carbocycles. The fraction of sp³-hybridized carbons (Fsp3) is 0.600. The third kappa shape index (κ3) is 2.85. The van der Waals surface area contributed by atoms with Gasteiger partial charge in [0.2, 0.25) is 0 Å². The fourth-order valence-electron chi connectivity index (χ4n) is 2.55. The van der Waals surface area contributed by atoms with E-state index in [4.69, 9.17) is 4.74 Å². The largest absolute Gasteiger partial charge is 0.508 e. The summed E-state index contributed by atoms with van der Waals surface area (Å²) in [6.07, 6.45) is 4.00. The van der Waals surface area contributed by atoms with Gasteiger partial charge in [-0.2, -0.15) is 0 Å². The predicted molar refractivity (Wildman–Crippen MR) is 70.6 cm³/mol. The highest BCUT2D eigenvalue weighted by atomic mass is 16.6. The van der Waals surface area contributed by atoms with Crippen LogP contribution in [-0.4, -0.2) is 22.4 Å². The molecular formula is C15H22O3. The molecule has 0 spiro atoms. The fourth-order valence-corrected chi connectivity index (χ4v) is 2.55. The number of hydrogen-bond donors (Lipinski definition) is 2. The second-order valence-electron chi connectivity index (χ2n) is 5.01. The molecule has 1 aromatic rings. The van der Waals surface area contributed by atoms with Crippen molar-refractivity contribution in [3.8, 4) is 5.75 Å². The predicted octanol–water partition coefficient (Wildman–Crippen LogP) is 2.95. The maximum Gasteiger partial charge on any atom is 0.121 e. The number of phenols is 1. The number of aromatic hydroxyl groups is 1. The minimum atomic E-state index is -0.117. The molecule has 1 fully saturated rings. The summed E-state index contributed by atoms with van der Waals surface area (Å²) in [4.78, 5) is 0. The second-order valence-corrected chi connectivity index (χ2v) is 5.01. The lowest BCUT2D eigenvalue weighted by molar-refractivity contribution is 0.275. The lowest BCUT2D eigenvalue weighted by Gasteiger charge is -2.15. The van der Waals surface area contributed by atoms with Gasteiger partial charge in [0.1, 0.15) is 5.75 Å². The van der Waals surface area contributed by atoms with Crippen LogP contribution >= 0.6 is 0 Å². The molecule has 1 heterocycles. The lowest BCUT2D eigenvalue weighted by Crippen LogP contribution is -2.04. The van der Waals surface area contributed by atoms with Crippen LogP contribution in [0.1, 0.15) is 50.2 Å². The highest BCUT2D eigenvalue weighted by Crippen LogP contribution is 2.37. The molecule has 0 radical (unpaired) electrons. The van der Waals surface area contributed by atoms with E-state index in [1.807, 2.05) is 12.1 Å². The minimum absolute atomic E-state index is 0.117. The third-order valence-electron chi connectivity index (χ3n) is 3.84. The summed E-state index contributed by atoms with van der Waals surface area (Å²) in [5, 5.41) is 18.8. The van der Waals surface area contributed by atoms with Crippen LogP contribution in [-0.2, 0) is 11.3 Å². The molecule has 3 unspecified atom stereocenters. The molecule has 3 heteroatoms. The third-order valence-corrected chi connectivity index (χ3v) is 3.84. The average molecular weight is 250 g/mol. The van der Waals surface area contributed by atoms with Crippen LogP contribution in [0.4, 0.5) is 0 Å². The van der Waals surface area contributed by atoms with Crippen molar-refractivity contribution in [3.05, 3.63) is 29.3 Å². The Morgan fingerprint density at radius 1 is 1.28 bits per heavy atom. The van der Waals surface area contributed by atoms with E-state index in [0.717, 1.165) is 19.3 Å². The van der Waals surface area contributed by atoms with Crippen molar-refractivity contribution in [2.45, 2.75) is 57.8 Å². The van der Waals surface area contributed by atoms with E-state index in [1.165, 1.54) is 5.56 Å². The van der Waals surface area contributed by atoms with Gasteiger partial charge in [-0.25, -0.2) is 0 Å². The molecule has 18 heavy (non-hydrogen) atoms. The molecule has 0 bridgehead atoms. The Kier molecular flexibility index (Phi) is 4.25. The molecule has 0 saturated carbocycles. The summed E-state index contributed by atoms with van der Waals surface area (Å²) >= 11 is 0. The average Bonchev–Trinajstić information content (AvgIpc) is 3.15. The molecular weight excluding hydrogens is 228 g/mol. The first-order valence-electron chi connectivity index (χ1n) is 6.77. The van der Waals surface area contributed by atoms with E-state index >= 15 is 0 Å². The maximum atomic E-state index is 9.58. The molecule has 0 aromatic heterocycles. The van der Waals surface area contributed by atoms with E-state index in [0.29, 0.717) is 23.7 Å². The molecule has 3 atom stereocenters. The van der Waals surface area contributed by atoms with Crippen molar-refractivity contribution in [2.24, 2.45) is 0 Å². The second kappa shape index (κ2) is 5.72. The van der Waals surface area contributed by atoms with Crippen molar-refractivity contribution in [1.29, 1.82) is 0 Å². The summed E-state index contributed by atoms with van der Waals surface area (Å²) in [6, 6.07) is 5.54. The SMILES string of the molecule is CCC(CC1OC1CC)c1ccc(O)c(CO)c1. The van der Waals surface area contributed by atoms with Gasteiger partial charge in [-0.3, -0.25) is 0 Å². The molecule has 1 saturated heterocycles. The van der Waals surface area contributed by atoms with Gasteiger partial charge >= 0.3 is 0 Å². The summed E-state index contributed by atoms with van der Waals surface area (Å²) in [7, 11) is 0. The first kappa shape index (κ1) is 13.4. The zero-order valence-electron chi connectivity index (χ0n) is 11.1. The van der Waals surface area contributed by atoms with Gasteiger partial charge < -0.3 is 14.9 Å². The van der Waals surface area contributed by atoms with Crippen LogP contribution in [0.5, 0.6) is 5.75 Å². The molecule has 1 aromatic carbocycles. The zero-order chi connectivity index (χ0) is 13.1.